The highest BCUT2D eigenvalue weighted by Gasteiger charge is 2.55. The number of hydrogen-bond acceptors (Lipinski definition) is 2. The van der Waals surface area contributed by atoms with E-state index in [4.69, 9.17) is 0 Å². The molecule has 2 N–H and O–H groups in total. The van der Waals surface area contributed by atoms with Gasteiger partial charge in [-0.1, -0.05) is 25.0 Å². The number of halogens is 1. The number of rotatable bonds is 2. The van der Waals surface area contributed by atoms with Crippen LogP contribution >= 0.6 is 22.6 Å². The van der Waals surface area contributed by atoms with Gasteiger partial charge in [0.2, 0.25) is 0 Å². The molecular weight excluding hydrogens is 475 g/mol. The maximum atomic E-state index is 13.0. The molecule has 0 spiro atoms. The van der Waals surface area contributed by atoms with E-state index in [0.29, 0.717) is 16.5 Å². The lowest BCUT2D eigenvalue weighted by atomic mass is 9.52. The number of piperidine rings is 1. The number of anilines is 1. The van der Waals surface area contributed by atoms with Gasteiger partial charge in [0.05, 0.1) is 12.6 Å². The fourth-order valence-corrected chi connectivity index (χ4v) is 6.63. The quantitative estimate of drug-likeness (QED) is 0.482. The van der Waals surface area contributed by atoms with Crippen molar-refractivity contribution in [3.63, 3.8) is 0 Å². The Kier molecular flexibility index (Phi) is 4.95. The van der Waals surface area contributed by atoms with Gasteiger partial charge in [0.25, 0.3) is 5.91 Å². The summed E-state index contributed by atoms with van der Waals surface area (Å²) in [5, 5.41) is 16.5. The van der Waals surface area contributed by atoms with Crippen LogP contribution in [0.2, 0.25) is 0 Å². The molecule has 0 radical (unpaired) electrons. The lowest BCUT2D eigenvalue weighted by molar-refractivity contribution is -0.889. The zero-order valence-electron chi connectivity index (χ0n) is 16.8. The second kappa shape index (κ2) is 7.36. The third kappa shape index (κ3) is 3.13. The second-order valence-corrected chi connectivity index (χ2v) is 10.3. The van der Waals surface area contributed by atoms with Crippen LogP contribution in [-0.2, 0) is 11.8 Å². The zero-order valence-corrected chi connectivity index (χ0v) is 18.9. The Balaban J connectivity index is 1.57. The van der Waals surface area contributed by atoms with Crippen molar-refractivity contribution in [3.8, 4) is 0 Å². The summed E-state index contributed by atoms with van der Waals surface area (Å²) in [5.74, 6) is 0.421. The molecule has 152 valence electrons. The molecule has 2 aromatic carbocycles. The second-order valence-electron chi connectivity index (χ2n) is 9.03. The summed E-state index contributed by atoms with van der Waals surface area (Å²) in [5.41, 5.74) is 5.46. The molecule has 1 amide bonds. The fraction of sp³-hybridized carbons (Fsp3) is 0.458. The predicted octanol–water partition coefficient (Wildman–Crippen LogP) is 3.99. The van der Waals surface area contributed by atoms with Gasteiger partial charge >= 0.3 is 0 Å². The predicted molar refractivity (Wildman–Crippen MR) is 123 cm³/mol. The number of benzene rings is 2. The molecule has 1 heterocycles. The third-order valence-electron chi connectivity index (χ3n) is 7.64. The first-order valence-corrected chi connectivity index (χ1v) is 11.8. The molecule has 2 bridgehead atoms. The molecular formula is C24H27IN2O2. The molecule has 1 saturated heterocycles. The van der Waals surface area contributed by atoms with Gasteiger partial charge in [-0.2, -0.15) is 0 Å². The number of carbonyl (C=O) groups excluding carboxylic acids is 1. The first-order chi connectivity index (χ1) is 14.0. The number of amides is 1. The molecule has 1 saturated carbocycles. The monoisotopic (exact) mass is 502 g/mol. The zero-order chi connectivity index (χ0) is 20.2. The largest absolute Gasteiger partial charge is 0.634 e. The number of quaternary nitrogens is 1. The van der Waals surface area contributed by atoms with Gasteiger partial charge in [-0.25, -0.2) is 0 Å². The number of fused-ring (bicyclic) bond motifs is 1. The van der Waals surface area contributed by atoms with Crippen LogP contribution in [-0.4, -0.2) is 18.5 Å². The van der Waals surface area contributed by atoms with Crippen LogP contribution in [0.25, 0.3) is 0 Å². The van der Waals surface area contributed by atoms with Crippen LogP contribution in [0.3, 0.4) is 0 Å². The molecule has 2 aromatic rings. The van der Waals surface area contributed by atoms with E-state index in [1.54, 1.807) is 0 Å². The normalized spacial score (nSPS) is 30.2. The van der Waals surface area contributed by atoms with Crippen LogP contribution in [0.1, 0.15) is 59.2 Å². The highest BCUT2D eigenvalue weighted by atomic mass is 127. The Morgan fingerprint density at radius 2 is 1.97 bits per heavy atom. The van der Waals surface area contributed by atoms with Crippen molar-refractivity contribution < 1.29 is 9.86 Å². The smallest absolute Gasteiger partial charge is 0.255 e. The minimum atomic E-state index is -0.0716. The summed E-state index contributed by atoms with van der Waals surface area (Å²) in [4.78, 5) is 13.0. The van der Waals surface area contributed by atoms with Crippen molar-refractivity contribution in [1.29, 1.82) is 0 Å². The van der Waals surface area contributed by atoms with Crippen molar-refractivity contribution in [1.82, 2.24) is 0 Å². The van der Waals surface area contributed by atoms with Gasteiger partial charge in [-0.3, -0.25) is 4.79 Å². The molecule has 1 aliphatic heterocycles. The van der Waals surface area contributed by atoms with Crippen LogP contribution in [0, 0.1) is 21.6 Å². The Morgan fingerprint density at radius 1 is 1.17 bits per heavy atom. The molecule has 5 rings (SSSR count). The lowest BCUT2D eigenvalue weighted by Gasteiger charge is -2.58. The van der Waals surface area contributed by atoms with E-state index < -0.39 is 0 Å². The maximum absolute atomic E-state index is 13.0. The summed E-state index contributed by atoms with van der Waals surface area (Å²) in [7, 11) is 0. The van der Waals surface area contributed by atoms with Crippen LogP contribution in [0.4, 0.5) is 5.69 Å². The summed E-state index contributed by atoms with van der Waals surface area (Å²) in [6.07, 6.45) is 6.61. The van der Waals surface area contributed by atoms with E-state index in [2.05, 4.69) is 47.0 Å². The molecule has 5 heteroatoms. The molecule has 29 heavy (non-hydrogen) atoms. The van der Waals surface area contributed by atoms with Gasteiger partial charge in [-0.15, -0.1) is 0 Å². The fourth-order valence-electron chi connectivity index (χ4n) is 6.27. The van der Waals surface area contributed by atoms with Crippen molar-refractivity contribution >= 4 is 34.2 Å². The van der Waals surface area contributed by atoms with Crippen LogP contribution in [0.15, 0.2) is 36.4 Å². The highest BCUT2D eigenvalue weighted by Crippen LogP contribution is 2.54. The molecule has 2 aliphatic carbocycles. The topological polar surface area (TPSA) is 56.6 Å². The van der Waals surface area contributed by atoms with E-state index in [1.165, 1.54) is 36.8 Å². The maximum Gasteiger partial charge on any atom is 0.255 e. The van der Waals surface area contributed by atoms with E-state index >= 15 is 0 Å². The van der Waals surface area contributed by atoms with E-state index in [-0.39, 0.29) is 17.4 Å². The third-order valence-corrected chi connectivity index (χ3v) is 8.36. The minimum Gasteiger partial charge on any atom is -0.634 e. The summed E-state index contributed by atoms with van der Waals surface area (Å²) < 4.78 is 1.11. The number of carbonyl (C=O) groups is 1. The Hall–Kier alpha value is -1.44. The standard InChI is InChI=1S/C24H27IN2O2/c1-15-5-10-19-18(22(15)26-23(28)16-6-8-17(25)9-7-16)14-21-20-4-2-3-11-24(19,20)12-13-27(21)29/h5-10,20-21,27H,2-4,11-14H2,1H3,(H,26,28)/t20-,21+,24-/m0/s1. The Labute approximate surface area is 185 Å². The summed E-state index contributed by atoms with van der Waals surface area (Å²) in [6.45, 7) is 2.78. The van der Waals surface area contributed by atoms with Gasteiger partial charge < -0.3 is 15.6 Å². The van der Waals surface area contributed by atoms with Crippen LogP contribution < -0.4 is 10.4 Å². The average Bonchev–Trinajstić information content (AvgIpc) is 2.73. The number of hydroxylamine groups is 2. The number of nitrogens with one attached hydrogen (secondary N) is 2. The molecule has 4 atom stereocenters. The molecule has 1 unspecified atom stereocenters. The van der Waals surface area contributed by atoms with E-state index in [0.717, 1.165) is 34.2 Å². The van der Waals surface area contributed by atoms with Crippen LogP contribution in [0.5, 0.6) is 0 Å². The first-order valence-electron chi connectivity index (χ1n) is 10.7. The van der Waals surface area contributed by atoms with Crippen molar-refractivity contribution in [2.75, 3.05) is 11.9 Å². The molecule has 4 nitrogen and oxygen atoms in total. The molecule has 0 aromatic heterocycles. The van der Waals surface area contributed by atoms with Gasteiger partial charge in [0.1, 0.15) is 0 Å². The summed E-state index contributed by atoms with van der Waals surface area (Å²) >= 11 is 2.25. The van der Waals surface area contributed by atoms with Crippen molar-refractivity contribution in [3.05, 3.63) is 67.4 Å². The van der Waals surface area contributed by atoms with Crippen molar-refractivity contribution in [2.24, 2.45) is 5.92 Å². The average molecular weight is 502 g/mol. The molecule has 3 aliphatic rings. The Bertz CT molecular complexity index is 958. The summed E-state index contributed by atoms with van der Waals surface area (Å²) in [6, 6.07) is 12.3. The minimum absolute atomic E-state index is 0.0716. The highest BCUT2D eigenvalue weighted by molar-refractivity contribution is 14.1. The van der Waals surface area contributed by atoms with Gasteiger partial charge in [0, 0.05) is 39.0 Å². The first kappa shape index (κ1) is 19.5. The Morgan fingerprint density at radius 3 is 2.76 bits per heavy atom. The molecule has 2 fully saturated rings. The van der Waals surface area contributed by atoms with Gasteiger partial charge in [0.15, 0.2) is 0 Å². The number of aryl methyl sites for hydroxylation is 1. The number of hydrogen-bond donors (Lipinski definition) is 2. The van der Waals surface area contributed by atoms with Crippen molar-refractivity contribution in [2.45, 2.75) is 56.9 Å². The SMILES string of the molecule is Cc1ccc2c(c1NC(=O)c1ccc(I)cc1)C[C@@H]1[C@@H]3CCCC[C@]23CC[NH+]1[O-]. The van der Waals surface area contributed by atoms with E-state index in [9.17, 15) is 10.0 Å². The van der Waals surface area contributed by atoms with Gasteiger partial charge in [-0.05, 0) is 83.3 Å². The van der Waals surface area contributed by atoms with E-state index in [1.807, 2.05) is 24.3 Å². The lowest BCUT2D eigenvalue weighted by Crippen LogP contribution is -3.15.